The van der Waals surface area contributed by atoms with Gasteiger partial charge in [0.25, 0.3) is 5.69 Å². The van der Waals surface area contributed by atoms with E-state index >= 15 is 0 Å². The summed E-state index contributed by atoms with van der Waals surface area (Å²) in [7, 11) is 2.74. The van der Waals surface area contributed by atoms with Gasteiger partial charge in [0.2, 0.25) is 0 Å². The summed E-state index contributed by atoms with van der Waals surface area (Å²) in [4.78, 5) is 20.5. The minimum atomic E-state index is -1.40. The molecule has 0 aliphatic heterocycles. The minimum absolute atomic E-state index is 0.184. The molecule has 19 heavy (non-hydrogen) atoms. The van der Waals surface area contributed by atoms with Gasteiger partial charge in [0.1, 0.15) is 0 Å². The number of ether oxygens (including phenoxy) is 3. The van der Waals surface area contributed by atoms with Gasteiger partial charge in [-0.1, -0.05) is 0 Å². The number of carboxylic acid groups (broad SMARTS) is 1. The van der Waals surface area contributed by atoms with E-state index in [1.807, 2.05) is 0 Å². The number of methoxy groups -OCH3 is 2. The van der Waals surface area contributed by atoms with E-state index in [2.05, 4.69) is 0 Å². The van der Waals surface area contributed by atoms with Gasteiger partial charge in [-0.25, -0.2) is 0 Å². The van der Waals surface area contributed by atoms with Crippen molar-refractivity contribution in [3.05, 3.63) is 27.8 Å². The Kier molecular flexibility index (Phi) is 5.07. The SMILES string of the molecule is COc1cc(COCC(=O)[O-])c([N+](=O)[O-])cc1OC. The number of carbonyl (C=O) groups excluding carboxylic acids is 1. The van der Waals surface area contributed by atoms with Gasteiger partial charge >= 0.3 is 0 Å². The third-order valence-electron chi connectivity index (χ3n) is 2.26. The van der Waals surface area contributed by atoms with Crippen LogP contribution in [0.2, 0.25) is 0 Å². The van der Waals surface area contributed by atoms with E-state index in [4.69, 9.17) is 14.2 Å². The molecule has 8 heteroatoms. The molecule has 0 amide bonds. The molecule has 0 spiro atoms. The Bertz CT molecular complexity index is 486. The minimum Gasteiger partial charge on any atom is -0.548 e. The second-order valence-corrected chi connectivity index (χ2v) is 3.46. The molecule has 1 aromatic carbocycles. The van der Waals surface area contributed by atoms with Crippen molar-refractivity contribution in [3.63, 3.8) is 0 Å². The molecule has 0 saturated heterocycles. The Hall–Kier alpha value is -2.35. The summed E-state index contributed by atoms with van der Waals surface area (Å²) in [5, 5.41) is 21.1. The fourth-order valence-electron chi connectivity index (χ4n) is 1.44. The maximum atomic E-state index is 10.9. The maximum absolute atomic E-state index is 10.9. The number of aliphatic carboxylic acids is 1. The molecule has 0 heterocycles. The van der Waals surface area contributed by atoms with E-state index < -0.39 is 17.5 Å². The molecule has 0 aromatic heterocycles. The zero-order valence-electron chi connectivity index (χ0n) is 10.4. The summed E-state index contributed by atoms with van der Waals surface area (Å²) in [6.45, 7) is -0.893. The predicted molar refractivity (Wildman–Crippen MR) is 60.9 cm³/mol. The second kappa shape index (κ2) is 6.55. The Labute approximate surface area is 108 Å². The molecule has 0 atom stereocenters. The molecule has 8 nitrogen and oxygen atoms in total. The fraction of sp³-hybridized carbons (Fsp3) is 0.364. The van der Waals surface area contributed by atoms with Gasteiger partial charge in [0.15, 0.2) is 11.5 Å². The number of benzene rings is 1. The van der Waals surface area contributed by atoms with Crippen molar-refractivity contribution >= 4 is 11.7 Å². The molecule has 1 aromatic rings. The molecule has 0 bridgehead atoms. The van der Waals surface area contributed by atoms with E-state index in [1.54, 1.807) is 0 Å². The van der Waals surface area contributed by atoms with Crippen molar-refractivity contribution in [2.24, 2.45) is 0 Å². The molecule has 104 valence electrons. The van der Waals surface area contributed by atoms with E-state index in [-0.39, 0.29) is 23.6 Å². The number of carboxylic acids is 1. The van der Waals surface area contributed by atoms with Crippen LogP contribution in [-0.2, 0) is 16.1 Å². The summed E-state index contributed by atoms with van der Waals surface area (Å²) in [6, 6.07) is 2.56. The quantitative estimate of drug-likeness (QED) is 0.501. The van der Waals surface area contributed by atoms with E-state index in [9.17, 15) is 20.0 Å². The maximum Gasteiger partial charge on any atom is 0.278 e. The normalized spacial score (nSPS) is 10.0. The number of rotatable bonds is 7. The monoisotopic (exact) mass is 270 g/mol. The highest BCUT2D eigenvalue weighted by Gasteiger charge is 2.19. The third kappa shape index (κ3) is 3.81. The van der Waals surface area contributed by atoms with Gasteiger partial charge in [0.05, 0.1) is 50.0 Å². The summed E-state index contributed by atoms with van der Waals surface area (Å²) >= 11 is 0. The lowest BCUT2D eigenvalue weighted by molar-refractivity contribution is -0.386. The topological polar surface area (TPSA) is 111 Å². The molecule has 0 radical (unpaired) electrons. The van der Waals surface area contributed by atoms with Crippen LogP contribution >= 0.6 is 0 Å². The molecule has 0 aliphatic rings. The zero-order chi connectivity index (χ0) is 14.4. The Balaban J connectivity index is 3.05. The molecular formula is C11H12NO7-. The molecule has 0 fully saturated rings. The summed E-state index contributed by atoms with van der Waals surface area (Å²) < 4.78 is 14.7. The summed E-state index contributed by atoms with van der Waals surface area (Å²) in [5.74, 6) is -0.902. The van der Waals surface area contributed by atoms with Crippen molar-refractivity contribution in [1.29, 1.82) is 0 Å². The smallest absolute Gasteiger partial charge is 0.278 e. The largest absolute Gasteiger partial charge is 0.548 e. The van der Waals surface area contributed by atoms with Crippen LogP contribution < -0.4 is 14.6 Å². The molecule has 0 unspecified atom stereocenters. The van der Waals surface area contributed by atoms with Crippen LogP contribution in [0.5, 0.6) is 11.5 Å². The molecular weight excluding hydrogens is 258 g/mol. The van der Waals surface area contributed by atoms with Gasteiger partial charge in [-0.05, 0) is 6.07 Å². The van der Waals surface area contributed by atoms with E-state index in [1.165, 1.54) is 26.4 Å². The molecule has 0 N–H and O–H groups in total. The first kappa shape index (κ1) is 14.7. The first-order chi connectivity index (χ1) is 8.99. The summed E-state index contributed by atoms with van der Waals surface area (Å²) in [5.41, 5.74) is -0.0557. The molecule has 0 aliphatic carbocycles. The Morgan fingerprint density at radius 2 is 1.84 bits per heavy atom. The van der Waals surface area contributed by atoms with Crippen LogP contribution in [0.1, 0.15) is 5.56 Å². The van der Waals surface area contributed by atoms with Crippen LogP contribution in [0.25, 0.3) is 0 Å². The lowest BCUT2D eigenvalue weighted by Gasteiger charge is -2.11. The van der Waals surface area contributed by atoms with E-state index in [0.717, 1.165) is 0 Å². The predicted octanol–water partition coefficient (Wildman–Crippen LogP) is -0.122. The summed E-state index contributed by atoms with van der Waals surface area (Å²) in [6.07, 6.45) is 0. The number of hydrogen-bond acceptors (Lipinski definition) is 7. The van der Waals surface area contributed by atoms with Crippen LogP contribution in [0, 0.1) is 10.1 Å². The van der Waals surface area contributed by atoms with Crippen LogP contribution in [-0.4, -0.2) is 31.7 Å². The van der Waals surface area contributed by atoms with Gasteiger partial charge in [-0.15, -0.1) is 0 Å². The first-order valence-corrected chi connectivity index (χ1v) is 5.16. The Morgan fingerprint density at radius 3 is 2.32 bits per heavy atom. The second-order valence-electron chi connectivity index (χ2n) is 3.46. The van der Waals surface area contributed by atoms with Gasteiger partial charge in [0, 0.05) is 0 Å². The highest BCUT2D eigenvalue weighted by atomic mass is 16.6. The van der Waals surface area contributed by atoms with Gasteiger partial charge < -0.3 is 24.1 Å². The fourth-order valence-corrected chi connectivity index (χ4v) is 1.44. The highest BCUT2D eigenvalue weighted by Crippen LogP contribution is 2.34. The zero-order valence-corrected chi connectivity index (χ0v) is 10.4. The van der Waals surface area contributed by atoms with Crippen molar-refractivity contribution in [2.75, 3.05) is 20.8 Å². The van der Waals surface area contributed by atoms with Gasteiger partial charge in [-0.3, -0.25) is 10.1 Å². The van der Waals surface area contributed by atoms with Crippen LogP contribution in [0.3, 0.4) is 0 Å². The molecule has 0 saturated carbocycles. The molecule has 1 rings (SSSR count). The van der Waals surface area contributed by atoms with Crippen LogP contribution in [0.4, 0.5) is 5.69 Å². The van der Waals surface area contributed by atoms with Crippen molar-refractivity contribution in [2.45, 2.75) is 6.61 Å². The van der Waals surface area contributed by atoms with Crippen molar-refractivity contribution in [1.82, 2.24) is 0 Å². The standard InChI is InChI=1S/C11H13NO7/c1-17-9-3-7(5-19-6-11(13)14)8(12(15)16)4-10(9)18-2/h3-4H,5-6H2,1-2H3,(H,13,14)/p-1. The average Bonchev–Trinajstić information content (AvgIpc) is 2.37. The highest BCUT2D eigenvalue weighted by molar-refractivity contribution is 5.65. The van der Waals surface area contributed by atoms with Crippen molar-refractivity contribution < 1.29 is 29.0 Å². The lowest BCUT2D eigenvalue weighted by atomic mass is 10.1. The lowest BCUT2D eigenvalue weighted by Crippen LogP contribution is -2.27. The number of hydrogen-bond donors (Lipinski definition) is 0. The average molecular weight is 270 g/mol. The van der Waals surface area contributed by atoms with E-state index in [0.29, 0.717) is 5.75 Å². The first-order valence-electron chi connectivity index (χ1n) is 5.16. The Morgan fingerprint density at radius 1 is 1.26 bits per heavy atom. The third-order valence-corrected chi connectivity index (χ3v) is 2.26. The number of nitro benzene ring substituents is 1. The number of nitro groups is 1. The van der Waals surface area contributed by atoms with Crippen molar-refractivity contribution in [3.8, 4) is 11.5 Å². The van der Waals surface area contributed by atoms with Gasteiger partial charge in [-0.2, -0.15) is 0 Å². The number of carbonyl (C=O) groups is 1. The van der Waals surface area contributed by atoms with Crippen LogP contribution in [0.15, 0.2) is 12.1 Å². The number of nitrogens with zero attached hydrogens (tertiary/aromatic N) is 1.